The maximum absolute atomic E-state index is 9.65. The molecule has 0 saturated carbocycles. The first-order chi connectivity index (χ1) is 11.2. The monoisotopic (exact) mass is 302 g/mol. The number of phenols is 1. The number of benzene rings is 2. The van der Waals surface area contributed by atoms with Crippen LogP contribution in [0.25, 0.3) is 33.7 Å². The van der Waals surface area contributed by atoms with Crippen LogP contribution in [-0.4, -0.2) is 25.3 Å². The van der Waals surface area contributed by atoms with Crippen LogP contribution in [0.1, 0.15) is 5.56 Å². The summed E-state index contributed by atoms with van der Waals surface area (Å²) in [6.07, 6.45) is 1.67. The van der Waals surface area contributed by atoms with Gasteiger partial charge in [0.2, 0.25) is 0 Å². The summed E-state index contributed by atoms with van der Waals surface area (Å²) in [4.78, 5) is 9.07. The zero-order valence-corrected chi connectivity index (χ0v) is 12.5. The number of aromatic hydroxyl groups is 1. The Hall–Kier alpha value is -3.21. The SMILES string of the molecule is Cc1ccccc1-c1[nH]nc2ncc(-c3cccc(O)c3)nc12. The molecular formula is C18H14N4O. The highest BCUT2D eigenvalue weighted by Crippen LogP contribution is 2.29. The lowest BCUT2D eigenvalue weighted by Gasteiger charge is -2.04. The normalized spacial score (nSPS) is 11.0. The van der Waals surface area contributed by atoms with Crippen molar-refractivity contribution >= 4 is 11.2 Å². The number of aryl methyl sites for hydroxylation is 1. The zero-order chi connectivity index (χ0) is 15.8. The molecule has 2 aromatic carbocycles. The number of aromatic amines is 1. The molecule has 0 spiro atoms. The molecule has 2 heterocycles. The first-order valence-corrected chi connectivity index (χ1v) is 7.29. The van der Waals surface area contributed by atoms with E-state index >= 15 is 0 Å². The Kier molecular flexibility index (Phi) is 3.05. The predicted molar refractivity (Wildman–Crippen MR) is 89.0 cm³/mol. The molecular weight excluding hydrogens is 288 g/mol. The second-order valence-corrected chi connectivity index (χ2v) is 5.39. The van der Waals surface area contributed by atoms with Crippen molar-refractivity contribution in [1.82, 2.24) is 20.2 Å². The lowest BCUT2D eigenvalue weighted by Crippen LogP contribution is -1.89. The Morgan fingerprint density at radius 1 is 1.04 bits per heavy atom. The van der Waals surface area contributed by atoms with E-state index in [-0.39, 0.29) is 5.75 Å². The van der Waals surface area contributed by atoms with Gasteiger partial charge in [-0.15, -0.1) is 0 Å². The van der Waals surface area contributed by atoms with Crippen molar-refractivity contribution in [3.8, 4) is 28.3 Å². The lowest BCUT2D eigenvalue weighted by atomic mass is 10.1. The standard InChI is InChI=1S/C18H14N4O/c1-11-5-2-3-8-14(11)16-17-18(22-21-16)19-10-15(20-17)12-6-4-7-13(23)9-12/h2-10,23H,1H3,(H,19,21,22). The van der Waals surface area contributed by atoms with Crippen molar-refractivity contribution in [1.29, 1.82) is 0 Å². The van der Waals surface area contributed by atoms with E-state index in [0.29, 0.717) is 11.3 Å². The molecule has 0 atom stereocenters. The van der Waals surface area contributed by atoms with Gasteiger partial charge in [-0.25, -0.2) is 9.97 Å². The number of rotatable bonds is 2. The molecule has 0 aliphatic heterocycles. The van der Waals surface area contributed by atoms with Gasteiger partial charge in [-0.2, -0.15) is 5.10 Å². The van der Waals surface area contributed by atoms with Crippen LogP contribution < -0.4 is 0 Å². The van der Waals surface area contributed by atoms with Crippen molar-refractivity contribution < 1.29 is 5.11 Å². The highest BCUT2D eigenvalue weighted by Gasteiger charge is 2.13. The molecule has 23 heavy (non-hydrogen) atoms. The number of hydrogen-bond donors (Lipinski definition) is 2. The second-order valence-electron chi connectivity index (χ2n) is 5.39. The Morgan fingerprint density at radius 2 is 1.91 bits per heavy atom. The average Bonchev–Trinajstić information content (AvgIpc) is 2.98. The van der Waals surface area contributed by atoms with Crippen molar-refractivity contribution in [2.24, 2.45) is 0 Å². The Morgan fingerprint density at radius 3 is 2.74 bits per heavy atom. The van der Waals surface area contributed by atoms with Crippen LogP contribution in [0.5, 0.6) is 5.75 Å². The Labute approximate surface area is 132 Å². The van der Waals surface area contributed by atoms with Gasteiger partial charge in [0.1, 0.15) is 11.3 Å². The minimum Gasteiger partial charge on any atom is -0.508 e. The number of phenolic OH excluding ortho intramolecular Hbond substituents is 1. The first-order valence-electron chi connectivity index (χ1n) is 7.29. The van der Waals surface area contributed by atoms with Gasteiger partial charge in [-0.05, 0) is 24.6 Å². The summed E-state index contributed by atoms with van der Waals surface area (Å²) in [5.74, 6) is 0.204. The molecule has 2 N–H and O–H groups in total. The van der Waals surface area contributed by atoms with Gasteiger partial charge in [0.25, 0.3) is 0 Å². The lowest BCUT2D eigenvalue weighted by molar-refractivity contribution is 0.475. The molecule has 0 radical (unpaired) electrons. The summed E-state index contributed by atoms with van der Waals surface area (Å²) in [5, 5.41) is 16.9. The van der Waals surface area contributed by atoms with E-state index in [0.717, 1.165) is 27.9 Å². The molecule has 112 valence electrons. The Bertz CT molecular complexity index is 1010. The third kappa shape index (κ3) is 2.32. The zero-order valence-electron chi connectivity index (χ0n) is 12.5. The van der Waals surface area contributed by atoms with Crippen LogP contribution >= 0.6 is 0 Å². The number of aromatic nitrogens is 4. The van der Waals surface area contributed by atoms with Crippen LogP contribution in [0.4, 0.5) is 0 Å². The van der Waals surface area contributed by atoms with Gasteiger partial charge >= 0.3 is 0 Å². The quantitative estimate of drug-likeness (QED) is 0.592. The molecule has 0 aliphatic carbocycles. The fourth-order valence-electron chi connectivity index (χ4n) is 2.64. The number of nitrogens with one attached hydrogen (secondary N) is 1. The fourth-order valence-corrected chi connectivity index (χ4v) is 2.64. The van der Waals surface area contributed by atoms with Crippen molar-refractivity contribution in [3.05, 3.63) is 60.3 Å². The summed E-state index contributed by atoms with van der Waals surface area (Å²) >= 11 is 0. The van der Waals surface area contributed by atoms with Crippen LogP contribution in [0.15, 0.2) is 54.7 Å². The van der Waals surface area contributed by atoms with Crippen LogP contribution in [-0.2, 0) is 0 Å². The molecule has 0 saturated heterocycles. The van der Waals surface area contributed by atoms with Gasteiger partial charge < -0.3 is 5.11 Å². The van der Waals surface area contributed by atoms with Crippen molar-refractivity contribution in [3.63, 3.8) is 0 Å². The van der Waals surface area contributed by atoms with Gasteiger partial charge in [-0.3, -0.25) is 5.10 Å². The van der Waals surface area contributed by atoms with Crippen LogP contribution in [0, 0.1) is 6.92 Å². The maximum atomic E-state index is 9.65. The second kappa shape index (κ2) is 5.21. The topological polar surface area (TPSA) is 74.7 Å². The molecule has 0 fully saturated rings. The maximum Gasteiger partial charge on any atom is 0.200 e. The van der Waals surface area contributed by atoms with E-state index in [9.17, 15) is 5.11 Å². The van der Waals surface area contributed by atoms with E-state index in [1.807, 2.05) is 24.3 Å². The van der Waals surface area contributed by atoms with Crippen LogP contribution in [0.2, 0.25) is 0 Å². The molecule has 0 aliphatic rings. The highest BCUT2D eigenvalue weighted by atomic mass is 16.3. The highest BCUT2D eigenvalue weighted by molar-refractivity contribution is 5.89. The van der Waals surface area contributed by atoms with Gasteiger partial charge in [-0.1, -0.05) is 36.4 Å². The number of hydrogen-bond acceptors (Lipinski definition) is 4. The van der Waals surface area contributed by atoms with E-state index in [2.05, 4.69) is 28.2 Å². The molecule has 2 aromatic heterocycles. The summed E-state index contributed by atoms with van der Waals surface area (Å²) in [5.41, 5.74) is 5.86. The third-order valence-electron chi connectivity index (χ3n) is 3.82. The van der Waals surface area contributed by atoms with E-state index in [1.165, 1.54) is 0 Å². The van der Waals surface area contributed by atoms with Gasteiger partial charge in [0, 0.05) is 11.1 Å². The summed E-state index contributed by atoms with van der Waals surface area (Å²) in [6, 6.07) is 15.1. The average molecular weight is 302 g/mol. The van der Waals surface area contributed by atoms with E-state index in [1.54, 1.807) is 24.4 Å². The van der Waals surface area contributed by atoms with E-state index in [4.69, 9.17) is 4.98 Å². The van der Waals surface area contributed by atoms with Crippen LogP contribution in [0.3, 0.4) is 0 Å². The molecule has 0 amide bonds. The summed E-state index contributed by atoms with van der Waals surface area (Å²) in [7, 11) is 0. The molecule has 4 rings (SSSR count). The molecule has 4 aromatic rings. The molecule has 5 heteroatoms. The number of H-pyrrole nitrogens is 1. The third-order valence-corrected chi connectivity index (χ3v) is 3.82. The Balaban J connectivity index is 1.92. The number of nitrogens with zero attached hydrogens (tertiary/aromatic N) is 3. The predicted octanol–water partition coefficient (Wildman–Crippen LogP) is 3.70. The molecule has 0 unspecified atom stereocenters. The van der Waals surface area contributed by atoms with E-state index < -0.39 is 0 Å². The van der Waals surface area contributed by atoms with Gasteiger partial charge in [0.05, 0.1) is 17.6 Å². The minimum atomic E-state index is 0.204. The summed E-state index contributed by atoms with van der Waals surface area (Å²) < 4.78 is 0. The smallest absolute Gasteiger partial charge is 0.200 e. The summed E-state index contributed by atoms with van der Waals surface area (Å²) in [6.45, 7) is 2.05. The molecule has 0 bridgehead atoms. The van der Waals surface area contributed by atoms with Gasteiger partial charge in [0.15, 0.2) is 5.65 Å². The first kappa shape index (κ1) is 13.5. The van der Waals surface area contributed by atoms with Crippen molar-refractivity contribution in [2.45, 2.75) is 6.92 Å². The minimum absolute atomic E-state index is 0.204. The molecule has 5 nitrogen and oxygen atoms in total. The fraction of sp³-hybridized carbons (Fsp3) is 0.0556. The largest absolute Gasteiger partial charge is 0.508 e. The van der Waals surface area contributed by atoms with Crippen molar-refractivity contribution in [2.75, 3.05) is 0 Å². The number of fused-ring (bicyclic) bond motifs is 1.